The molecule has 7 nitrogen and oxygen atoms in total. The Bertz CT molecular complexity index is 883. The number of hydrogen-bond donors (Lipinski definition) is 1. The second kappa shape index (κ2) is 8.24. The predicted molar refractivity (Wildman–Crippen MR) is 94.6 cm³/mol. The Morgan fingerprint density at radius 3 is 2.69 bits per heavy atom. The molecule has 7 heteroatoms. The molecule has 0 aliphatic rings. The van der Waals surface area contributed by atoms with Gasteiger partial charge in [-0.25, -0.2) is 4.98 Å². The van der Waals surface area contributed by atoms with Gasteiger partial charge in [-0.2, -0.15) is 4.98 Å². The van der Waals surface area contributed by atoms with Gasteiger partial charge < -0.3 is 18.9 Å². The van der Waals surface area contributed by atoms with Gasteiger partial charge in [-0.15, -0.1) is 0 Å². The van der Waals surface area contributed by atoms with Gasteiger partial charge in [0.05, 0.1) is 0 Å². The van der Waals surface area contributed by atoms with Crippen molar-refractivity contribution < 1.29 is 18.4 Å². The van der Waals surface area contributed by atoms with Gasteiger partial charge in [-0.1, -0.05) is 30.3 Å². The number of nitrogens with one attached hydrogen (secondary N) is 1. The highest BCUT2D eigenvalue weighted by Gasteiger charge is 2.19. The maximum Gasteiger partial charge on any atom is 0.279 e. The lowest BCUT2D eigenvalue weighted by atomic mass is 10.1. The number of carbonyl (C=O) groups is 2. The van der Waals surface area contributed by atoms with E-state index in [1.807, 2.05) is 30.3 Å². The Balaban J connectivity index is 1.61. The molecule has 2 heterocycles. The number of unbranched alkanes of at least 4 members (excludes halogenated alkanes) is 1. The molecule has 2 aromatic heterocycles. The number of carbonyl (C=O) groups excluding carboxylic acids is 2. The molecule has 0 fully saturated rings. The van der Waals surface area contributed by atoms with Crippen molar-refractivity contribution >= 4 is 17.5 Å². The zero-order valence-electron chi connectivity index (χ0n) is 14.4. The van der Waals surface area contributed by atoms with E-state index in [0.29, 0.717) is 30.3 Å². The first kappa shape index (κ1) is 17.6. The Morgan fingerprint density at radius 1 is 1.12 bits per heavy atom. The largest absolute Gasteiger partial charge is 0.447 e. The Hall–Kier alpha value is -3.22. The van der Waals surface area contributed by atoms with Gasteiger partial charge in [0.1, 0.15) is 12.0 Å². The van der Waals surface area contributed by atoms with E-state index in [2.05, 4.69) is 15.3 Å². The van der Waals surface area contributed by atoms with E-state index >= 15 is 0 Å². The molecular weight excluding hydrogens is 334 g/mol. The van der Waals surface area contributed by atoms with Gasteiger partial charge in [0.15, 0.2) is 29.6 Å². The van der Waals surface area contributed by atoms with E-state index in [9.17, 15) is 9.59 Å². The lowest BCUT2D eigenvalue weighted by Gasteiger charge is -2.01. The van der Waals surface area contributed by atoms with Gasteiger partial charge in [0, 0.05) is 18.4 Å². The first-order valence-electron chi connectivity index (χ1n) is 8.37. The first-order chi connectivity index (χ1) is 12.6. The van der Waals surface area contributed by atoms with Crippen LogP contribution in [-0.2, 0) is 11.2 Å². The monoisotopic (exact) mass is 353 g/mol. The van der Waals surface area contributed by atoms with Crippen LogP contribution in [0.3, 0.4) is 0 Å². The molecule has 3 aromatic rings. The summed E-state index contributed by atoms with van der Waals surface area (Å²) in [5.74, 6) is 0.989. The molecule has 0 saturated heterocycles. The van der Waals surface area contributed by atoms with Gasteiger partial charge >= 0.3 is 0 Å². The molecular formula is C19H19N3O4. The minimum Gasteiger partial charge on any atom is -0.447 e. The number of Topliss-reactive ketones (excluding diaryl/α,β-unsaturated/α-hetero) is 1. The average Bonchev–Trinajstić information content (AvgIpc) is 3.29. The summed E-state index contributed by atoms with van der Waals surface area (Å²) in [7, 11) is 0. The lowest BCUT2D eigenvalue weighted by molar-refractivity contribution is -0.117. The van der Waals surface area contributed by atoms with E-state index in [-0.39, 0.29) is 11.5 Å². The molecule has 1 amide bonds. The van der Waals surface area contributed by atoms with Crippen LogP contribution in [0.15, 0.2) is 51.8 Å². The molecule has 0 saturated carbocycles. The first-order valence-corrected chi connectivity index (χ1v) is 8.37. The fourth-order valence-corrected chi connectivity index (χ4v) is 2.51. The van der Waals surface area contributed by atoms with Crippen LogP contribution in [0, 0.1) is 0 Å². The fourth-order valence-electron chi connectivity index (χ4n) is 2.51. The Kier molecular flexibility index (Phi) is 5.58. The summed E-state index contributed by atoms with van der Waals surface area (Å²) in [5, 5.41) is 2.66. The second-order valence-corrected chi connectivity index (χ2v) is 5.89. The highest BCUT2D eigenvalue weighted by Crippen LogP contribution is 2.23. The van der Waals surface area contributed by atoms with Gasteiger partial charge in [0.2, 0.25) is 0 Å². The van der Waals surface area contributed by atoms with Crippen molar-refractivity contribution in [1.82, 2.24) is 9.97 Å². The number of aryl methyl sites for hydroxylation is 1. The number of rotatable bonds is 8. The second-order valence-electron chi connectivity index (χ2n) is 5.89. The quantitative estimate of drug-likeness (QED) is 0.617. The van der Waals surface area contributed by atoms with E-state index in [1.54, 1.807) is 6.92 Å². The van der Waals surface area contributed by atoms with E-state index in [0.717, 1.165) is 18.4 Å². The number of ketones is 1. The molecule has 0 aliphatic carbocycles. The number of amides is 1. The van der Waals surface area contributed by atoms with E-state index in [1.165, 1.54) is 12.7 Å². The van der Waals surface area contributed by atoms with Crippen LogP contribution in [0.1, 0.15) is 42.6 Å². The minimum atomic E-state index is -0.422. The maximum absolute atomic E-state index is 12.5. The van der Waals surface area contributed by atoms with E-state index < -0.39 is 5.91 Å². The highest BCUT2D eigenvalue weighted by molar-refractivity contribution is 6.05. The number of nitrogens with zero attached hydrogens (tertiary/aromatic N) is 2. The molecule has 0 spiro atoms. The smallest absolute Gasteiger partial charge is 0.279 e. The topological polar surface area (TPSA) is 98.2 Å². The van der Waals surface area contributed by atoms with Gasteiger partial charge in [-0.05, 0) is 19.8 Å². The minimum absolute atomic E-state index is 0.173. The number of oxazole rings is 2. The third-order valence-electron chi connectivity index (χ3n) is 3.78. The predicted octanol–water partition coefficient (Wildman–Crippen LogP) is 3.88. The summed E-state index contributed by atoms with van der Waals surface area (Å²) >= 11 is 0. The summed E-state index contributed by atoms with van der Waals surface area (Å²) in [6.45, 7) is 1.58. The number of benzene rings is 1. The van der Waals surface area contributed by atoms with Crippen molar-refractivity contribution in [1.29, 1.82) is 0 Å². The molecule has 0 atom stereocenters. The summed E-state index contributed by atoms with van der Waals surface area (Å²) in [5.41, 5.74) is 0.948. The molecule has 1 N–H and O–H groups in total. The average molecular weight is 353 g/mol. The summed E-state index contributed by atoms with van der Waals surface area (Å²) in [6.07, 6.45) is 5.38. The third kappa shape index (κ3) is 4.44. The van der Waals surface area contributed by atoms with Crippen LogP contribution in [-0.4, -0.2) is 21.7 Å². The molecule has 0 aliphatic heterocycles. The van der Waals surface area contributed by atoms with Crippen molar-refractivity contribution in [3.05, 3.63) is 54.6 Å². The molecule has 1 aromatic carbocycles. The molecule has 0 unspecified atom stereocenters. The van der Waals surface area contributed by atoms with Gasteiger partial charge in [-0.3, -0.25) is 4.79 Å². The van der Waals surface area contributed by atoms with Crippen molar-refractivity contribution in [3.63, 3.8) is 0 Å². The number of hydrogen-bond acceptors (Lipinski definition) is 6. The number of anilines is 1. The Morgan fingerprint density at radius 2 is 1.92 bits per heavy atom. The van der Waals surface area contributed by atoms with Crippen LogP contribution >= 0.6 is 0 Å². The third-order valence-corrected chi connectivity index (χ3v) is 3.78. The Labute approximate surface area is 150 Å². The normalized spacial score (nSPS) is 10.7. The lowest BCUT2D eigenvalue weighted by Crippen LogP contribution is -2.13. The van der Waals surface area contributed by atoms with Gasteiger partial charge in [0.25, 0.3) is 5.91 Å². The fraction of sp³-hybridized carbons (Fsp3) is 0.263. The van der Waals surface area contributed by atoms with Crippen LogP contribution in [0.5, 0.6) is 0 Å². The van der Waals surface area contributed by atoms with Crippen molar-refractivity contribution in [3.8, 4) is 11.3 Å². The zero-order chi connectivity index (χ0) is 18.4. The molecule has 0 radical (unpaired) electrons. The highest BCUT2D eigenvalue weighted by atomic mass is 16.3. The summed E-state index contributed by atoms with van der Waals surface area (Å²) in [4.78, 5) is 31.6. The SMILES string of the molecule is CC(=O)CCCCc1nc(NC(=O)c2ncoc2-c2ccccc2)co1. The molecule has 0 bridgehead atoms. The zero-order valence-corrected chi connectivity index (χ0v) is 14.4. The molecule has 3 rings (SSSR count). The maximum atomic E-state index is 12.5. The van der Waals surface area contributed by atoms with Crippen molar-refractivity contribution in [2.45, 2.75) is 32.6 Å². The standard InChI is InChI=1S/C19H19N3O4/c1-13(23)7-5-6-10-16-21-15(11-25-16)22-19(24)17-18(26-12-20-17)14-8-3-2-4-9-14/h2-4,8-9,11-12H,5-7,10H2,1H3,(H,22,24). The van der Waals surface area contributed by atoms with Crippen LogP contribution < -0.4 is 5.32 Å². The van der Waals surface area contributed by atoms with Crippen LogP contribution in [0.25, 0.3) is 11.3 Å². The summed E-state index contributed by atoms with van der Waals surface area (Å²) in [6, 6.07) is 9.27. The number of aromatic nitrogens is 2. The van der Waals surface area contributed by atoms with Crippen molar-refractivity contribution in [2.24, 2.45) is 0 Å². The summed E-state index contributed by atoms with van der Waals surface area (Å²) < 4.78 is 10.7. The van der Waals surface area contributed by atoms with Crippen LogP contribution in [0.4, 0.5) is 5.82 Å². The van der Waals surface area contributed by atoms with Crippen molar-refractivity contribution in [2.75, 3.05) is 5.32 Å². The molecule has 134 valence electrons. The van der Waals surface area contributed by atoms with E-state index in [4.69, 9.17) is 8.83 Å². The van der Waals surface area contributed by atoms with Crippen LogP contribution in [0.2, 0.25) is 0 Å². The molecule has 26 heavy (non-hydrogen) atoms.